The molecular formula is C15H22ClN3O4. The summed E-state index contributed by atoms with van der Waals surface area (Å²) in [6.07, 6.45) is 2.27. The smallest absolute Gasteiger partial charge is 0.255 e. The zero-order valence-electron chi connectivity index (χ0n) is 12.9. The van der Waals surface area contributed by atoms with E-state index >= 15 is 0 Å². The normalized spacial score (nSPS) is 14.3. The van der Waals surface area contributed by atoms with Gasteiger partial charge in [-0.3, -0.25) is 9.59 Å². The molecule has 2 amide bonds. The van der Waals surface area contributed by atoms with Crippen LogP contribution in [0.25, 0.3) is 0 Å². The summed E-state index contributed by atoms with van der Waals surface area (Å²) in [5, 5.41) is 2.81. The first kappa shape index (κ1) is 19.1. The number of carbonyl (C=O) groups is 2. The van der Waals surface area contributed by atoms with E-state index in [2.05, 4.69) is 5.32 Å². The summed E-state index contributed by atoms with van der Waals surface area (Å²) < 4.78 is 10.4. The minimum Gasteiger partial charge on any atom is -0.493 e. The quantitative estimate of drug-likeness (QED) is 0.633. The van der Waals surface area contributed by atoms with Gasteiger partial charge in [0.05, 0.1) is 7.11 Å². The van der Waals surface area contributed by atoms with Crippen LogP contribution in [-0.2, 0) is 4.79 Å². The number of primary amides is 1. The summed E-state index contributed by atoms with van der Waals surface area (Å²) in [6.45, 7) is 0.198. The van der Waals surface area contributed by atoms with E-state index in [1.165, 1.54) is 7.11 Å². The Morgan fingerprint density at radius 3 is 2.61 bits per heavy atom. The van der Waals surface area contributed by atoms with Gasteiger partial charge in [-0.2, -0.15) is 0 Å². The van der Waals surface area contributed by atoms with Crippen molar-refractivity contribution >= 4 is 24.2 Å². The van der Waals surface area contributed by atoms with Gasteiger partial charge in [0.2, 0.25) is 0 Å². The van der Waals surface area contributed by atoms with Crippen molar-refractivity contribution in [2.45, 2.75) is 18.9 Å². The number of rotatable bonds is 8. The largest absolute Gasteiger partial charge is 0.493 e. The van der Waals surface area contributed by atoms with Gasteiger partial charge in [-0.25, -0.2) is 0 Å². The maximum absolute atomic E-state index is 12.1. The molecule has 1 aromatic carbocycles. The molecule has 0 bridgehead atoms. The molecule has 23 heavy (non-hydrogen) atoms. The zero-order chi connectivity index (χ0) is 16.1. The molecule has 0 aliphatic heterocycles. The molecule has 0 heterocycles. The van der Waals surface area contributed by atoms with Crippen molar-refractivity contribution in [2.24, 2.45) is 17.4 Å². The number of amides is 2. The summed E-state index contributed by atoms with van der Waals surface area (Å²) in [4.78, 5) is 22.8. The number of carbonyl (C=O) groups excluding carboxylic acids is 2. The van der Waals surface area contributed by atoms with E-state index in [0.29, 0.717) is 29.5 Å². The Hall–Kier alpha value is -1.99. The molecule has 0 spiro atoms. The van der Waals surface area contributed by atoms with Crippen molar-refractivity contribution < 1.29 is 19.1 Å². The number of benzene rings is 1. The van der Waals surface area contributed by atoms with Gasteiger partial charge in [0.15, 0.2) is 18.1 Å². The Labute approximate surface area is 141 Å². The monoisotopic (exact) mass is 343 g/mol. The number of nitrogens with one attached hydrogen (secondary N) is 1. The summed E-state index contributed by atoms with van der Waals surface area (Å²) in [7, 11) is 1.46. The van der Waals surface area contributed by atoms with Crippen molar-refractivity contribution in [3.63, 3.8) is 0 Å². The molecule has 1 aliphatic carbocycles. The molecule has 0 saturated heterocycles. The van der Waals surface area contributed by atoms with Crippen LogP contribution in [0.5, 0.6) is 11.5 Å². The van der Waals surface area contributed by atoms with E-state index in [1.54, 1.807) is 18.2 Å². The van der Waals surface area contributed by atoms with Gasteiger partial charge in [-0.05, 0) is 37.0 Å². The Kier molecular flexibility index (Phi) is 7.12. The van der Waals surface area contributed by atoms with E-state index in [9.17, 15) is 9.59 Å². The van der Waals surface area contributed by atoms with Crippen LogP contribution in [0.3, 0.4) is 0 Å². The molecule has 2 rings (SSSR count). The van der Waals surface area contributed by atoms with Crippen molar-refractivity contribution in [3.8, 4) is 11.5 Å². The first-order chi connectivity index (χ1) is 10.5. The van der Waals surface area contributed by atoms with Gasteiger partial charge >= 0.3 is 0 Å². The fourth-order valence-corrected chi connectivity index (χ4v) is 2.08. The second-order valence-electron chi connectivity index (χ2n) is 5.33. The van der Waals surface area contributed by atoms with Gasteiger partial charge in [0, 0.05) is 18.2 Å². The number of nitrogens with two attached hydrogens (primary N) is 2. The van der Waals surface area contributed by atoms with Crippen LogP contribution in [0.2, 0.25) is 0 Å². The Morgan fingerprint density at radius 1 is 1.35 bits per heavy atom. The average molecular weight is 344 g/mol. The highest BCUT2D eigenvalue weighted by Gasteiger charge is 2.28. The zero-order valence-corrected chi connectivity index (χ0v) is 13.7. The molecule has 128 valence electrons. The summed E-state index contributed by atoms with van der Waals surface area (Å²) in [5.41, 5.74) is 11.4. The van der Waals surface area contributed by atoms with Crippen molar-refractivity contribution in [3.05, 3.63) is 23.8 Å². The first-order valence-electron chi connectivity index (χ1n) is 7.14. The van der Waals surface area contributed by atoms with E-state index in [4.69, 9.17) is 20.9 Å². The van der Waals surface area contributed by atoms with E-state index in [1.807, 2.05) is 0 Å². The van der Waals surface area contributed by atoms with Crippen molar-refractivity contribution in [1.82, 2.24) is 5.32 Å². The Morgan fingerprint density at radius 2 is 2.04 bits per heavy atom. The van der Waals surface area contributed by atoms with Gasteiger partial charge in [0.25, 0.3) is 11.8 Å². The summed E-state index contributed by atoms with van der Waals surface area (Å²) in [6, 6.07) is 4.71. The number of hydrogen-bond acceptors (Lipinski definition) is 5. The molecule has 1 fully saturated rings. The Balaban J connectivity index is 0.00000264. The second kappa shape index (κ2) is 8.59. The first-order valence-corrected chi connectivity index (χ1v) is 7.14. The highest BCUT2D eigenvalue weighted by molar-refractivity contribution is 5.94. The molecule has 8 heteroatoms. The minimum atomic E-state index is -0.585. The molecule has 1 aliphatic rings. The predicted octanol–water partition coefficient (Wildman–Crippen LogP) is 0.448. The molecule has 7 nitrogen and oxygen atoms in total. The molecule has 1 saturated carbocycles. The lowest BCUT2D eigenvalue weighted by molar-refractivity contribution is -0.119. The van der Waals surface area contributed by atoms with Gasteiger partial charge in [-0.1, -0.05) is 0 Å². The number of halogens is 1. The Bertz CT molecular complexity index is 564. The topological polar surface area (TPSA) is 117 Å². The lowest BCUT2D eigenvalue weighted by Gasteiger charge is -2.13. The second-order valence-corrected chi connectivity index (χ2v) is 5.33. The standard InChI is InChI=1S/C15H21N3O4.ClH/c1-21-13-6-10(4-5-12(13)22-8-14(17)19)15(20)18-7-11(16)9-2-3-9;/h4-6,9,11H,2-3,7-8,16H2,1H3,(H2,17,19)(H,18,20);1H. The summed E-state index contributed by atoms with van der Waals surface area (Å²) in [5.74, 6) is 0.432. The third-order valence-electron chi connectivity index (χ3n) is 3.52. The molecule has 1 aromatic rings. The molecule has 5 N–H and O–H groups in total. The fourth-order valence-electron chi connectivity index (χ4n) is 2.08. The number of hydrogen-bond donors (Lipinski definition) is 3. The summed E-state index contributed by atoms with van der Waals surface area (Å²) >= 11 is 0. The van der Waals surface area contributed by atoms with E-state index < -0.39 is 5.91 Å². The lowest BCUT2D eigenvalue weighted by Crippen LogP contribution is -2.38. The van der Waals surface area contributed by atoms with Gasteiger partial charge in [-0.15, -0.1) is 12.4 Å². The molecule has 0 aromatic heterocycles. The fraction of sp³-hybridized carbons (Fsp3) is 0.467. The van der Waals surface area contributed by atoms with Gasteiger partial charge < -0.3 is 26.3 Å². The third kappa shape index (κ3) is 5.61. The van der Waals surface area contributed by atoms with Crippen LogP contribution >= 0.6 is 12.4 Å². The minimum absolute atomic E-state index is 0. The van der Waals surface area contributed by atoms with E-state index in [0.717, 1.165) is 12.8 Å². The van der Waals surface area contributed by atoms with Crippen molar-refractivity contribution in [1.29, 1.82) is 0 Å². The third-order valence-corrected chi connectivity index (χ3v) is 3.52. The van der Waals surface area contributed by atoms with Crippen LogP contribution in [0, 0.1) is 5.92 Å². The maximum atomic E-state index is 12.1. The van der Waals surface area contributed by atoms with E-state index in [-0.39, 0.29) is 31.0 Å². The average Bonchev–Trinajstić information content (AvgIpc) is 3.34. The highest BCUT2D eigenvalue weighted by Crippen LogP contribution is 2.31. The van der Waals surface area contributed by atoms with Crippen LogP contribution in [0.4, 0.5) is 0 Å². The lowest BCUT2D eigenvalue weighted by atomic mass is 10.1. The maximum Gasteiger partial charge on any atom is 0.255 e. The molecular weight excluding hydrogens is 322 g/mol. The predicted molar refractivity (Wildman–Crippen MR) is 88.0 cm³/mol. The SMILES string of the molecule is COc1cc(C(=O)NCC(N)C2CC2)ccc1OCC(N)=O.Cl. The van der Waals surface area contributed by atoms with Gasteiger partial charge in [0.1, 0.15) is 0 Å². The van der Waals surface area contributed by atoms with Crippen LogP contribution < -0.4 is 26.3 Å². The van der Waals surface area contributed by atoms with Crippen LogP contribution in [0.15, 0.2) is 18.2 Å². The number of ether oxygens (including phenoxy) is 2. The van der Waals surface area contributed by atoms with Crippen molar-refractivity contribution in [2.75, 3.05) is 20.3 Å². The molecule has 1 unspecified atom stereocenters. The highest BCUT2D eigenvalue weighted by atomic mass is 35.5. The van der Waals surface area contributed by atoms with Crippen LogP contribution in [-0.4, -0.2) is 38.1 Å². The van der Waals surface area contributed by atoms with Crippen LogP contribution in [0.1, 0.15) is 23.2 Å². The number of methoxy groups -OCH3 is 1. The molecule has 0 radical (unpaired) electrons. The molecule has 1 atom stereocenters.